The molecule has 53 valence electrons. The highest BCUT2D eigenvalue weighted by Crippen LogP contribution is 1.91. The summed E-state index contributed by atoms with van der Waals surface area (Å²) in [7, 11) is 0. The number of nitrogens with zero attached hydrogens (tertiary/aromatic N) is 2. The molecule has 0 unspecified atom stereocenters. The fourth-order valence-electron chi connectivity index (χ4n) is 0.689. The zero-order valence-corrected chi connectivity index (χ0v) is 5.66. The Kier molecular flexibility index (Phi) is 2.83. The Morgan fingerprint density at radius 2 is 2.00 bits per heavy atom. The highest BCUT2D eigenvalue weighted by molar-refractivity contribution is 4.88. The van der Waals surface area contributed by atoms with Crippen molar-refractivity contribution >= 4 is 0 Å². The van der Waals surface area contributed by atoms with Crippen LogP contribution >= 0.6 is 0 Å². The van der Waals surface area contributed by atoms with Crippen molar-refractivity contribution in [3.8, 4) is 0 Å². The summed E-state index contributed by atoms with van der Waals surface area (Å²) in [6.07, 6.45) is 4.70. The number of aromatic nitrogens is 2. The highest BCUT2D eigenvalue weighted by Gasteiger charge is 1.91. The lowest BCUT2D eigenvalue weighted by atomic mass is 10.3. The van der Waals surface area contributed by atoms with Crippen LogP contribution in [-0.4, -0.2) is 16.6 Å². The molecule has 0 saturated carbocycles. The maximum Gasteiger partial charge on any atom is 0.128 e. The van der Waals surface area contributed by atoms with E-state index in [0.717, 1.165) is 5.82 Å². The van der Waals surface area contributed by atoms with Crippen molar-refractivity contribution in [3.63, 3.8) is 0 Å². The van der Waals surface area contributed by atoms with Crippen LogP contribution in [0.5, 0.6) is 0 Å². The van der Waals surface area contributed by atoms with Crippen LogP contribution in [-0.2, 0) is 11.5 Å². The minimum atomic E-state index is -0.0434. The molecule has 1 aromatic heterocycles. The molecular formula is C7H9N2O. The van der Waals surface area contributed by atoms with Crippen LogP contribution in [0.3, 0.4) is 0 Å². The summed E-state index contributed by atoms with van der Waals surface area (Å²) in [4.78, 5) is 7.93. The van der Waals surface area contributed by atoms with Crippen LogP contribution in [0.15, 0.2) is 18.5 Å². The van der Waals surface area contributed by atoms with Gasteiger partial charge in [0.1, 0.15) is 5.82 Å². The van der Waals surface area contributed by atoms with E-state index in [1.165, 1.54) is 0 Å². The highest BCUT2D eigenvalue weighted by atomic mass is 16.2. The third-order valence-electron chi connectivity index (χ3n) is 1.16. The first-order valence-electron chi connectivity index (χ1n) is 3.27. The van der Waals surface area contributed by atoms with Crippen molar-refractivity contribution in [1.29, 1.82) is 0 Å². The van der Waals surface area contributed by atoms with Crippen molar-refractivity contribution < 1.29 is 5.11 Å². The molecule has 10 heavy (non-hydrogen) atoms. The molecule has 1 radical (unpaired) electrons. The van der Waals surface area contributed by atoms with Crippen LogP contribution in [0.1, 0.15) is 12.2 Å². The lowest BCUT2D eigenvalue weighted by Gasteiger charge is -1.93. The maximum atomic E-state index is 10.0. The number of hydrogen-bond acceptors (Lipinski definition) is 2. The predicted molar refractivity (Wildman–Crippen MR) is 35.9 cm³/mol. The summed E-state index contributed by atoms with van der Waals surface area (Å²) in [6.45, 7) is -0.0434. The fourth-order valence-corrected chi connectivity index (χ4v) is 0.689. The summed E-state index contributed by atoms with van der Waals surface area (Å²) in [5, 5.41) is 10.0. The molecule has 0 amide bonds. The predicted octanol–water partition coefficient (Wildman–Crippen LogP) is 0.840. The van der Waals surface area contributed by atoms with Gasteiger partial charge >= 0.3 is 0 Å². The summed E-state index contributed by atoms with van der Waals surface area (Å²) in [5.41, 5.74) is 0. The van der Waals surface area contributed by atoms with Gasteiger partial charge in [-0.2, -0.15) is 0 Å². The van der Waals surface area contributed by atoms with E-state index >= 15 is 0 Å². The van der Waals surface area contributed by atoms with Gasteiger partial charge < -0.3 is 0 Å². The average Bonchev–Trinajstić information content (AvgIpc) is 2.03. The number of hydrogen-bond donors (Lipinski definition) is 0. The zero-order chi connectivity index (χ0) is 7.23. The summed E-state index contributed by atoms with van der Waals surface area (Å²) in [5.74, 6) is 0.762. The Bertz CT molecular complexity index is 176. The van der Waals surface area contributed by atoms with Gasteiger partial charge in [-0.25, -0.2) is 15.1 Å². The second-order valence-corrected chi connectivity index (χ2v) is 1.97. The van der Waals surface area contributed by atoms with Gasteiger partial charge in [-0.05, 0) is 12.5 Å². The van der Waals surface area contributed by atoms with Crippen LogP contribution < -0.4 is 0 Å². The first-order valence-corrected chi connectivity index (χ1v) is 3.27. The van der Waals surface area contributed by atoms with E-state index in [1.807, 2.05) is 0 Å². The van der Waals surface area contributed by atoms with E-state index in [-0.39, 0.29) is 6.61 Å². The van der Waals surface area contributed by atoms with Gasteiger partial charge in [-0.15, -0.1) is 0 Å². The van der Waals surface area contributed by atoms with Crippen molar-refractivity contribution in [2.45, 2.75) is 12.8 Å². The smallest absolute Gasteiger partial charge is 0.128 e. The topological polar surface area (TPSA) is 45.7 Å². The van der Waals surface area contributed by atoms with Crippen LogP contribution in [0.2, 0.25) is 0 Å². The summed E-state index contributed by atoms with van der Waals surface area (Å²) < 4.78 is 0. The molecule has 0 aliphatic heterocycles. The average molecular weight is 137 g/mol. The fraction of sp³-hybridized carbons (Fsp3) is 0.429. The van der Waals surface area contributed by atoms with E-state index < -0.39 is 0 Å². The van der Waals surface area contributed by atoms with Crippen molar-refractivity contribution in [2.24, 2.45) is 0 Å². The molecule has 3 nitrogen and oxygen atoms in total. The first kappa shape index (κ1) is 7.15. The summed E-state index contributed by atoms with van der Waals surface area (Å²) in [6, 6.07) is 1.76. The minimum Gasteiger partial charge on any atom is -0.241 e. The molecule has 0 aliphatic carbocycles. The van der Waals surface area contributed by atoms with Crippen molar-refractivity contribution in [2.75, 3.05) is 6.61 Å². The molecule has 0 fully saturated rings. The molecule has 3 heteroatoms. The minimum absolute atomic E-state index is 0.0434. The molecule has 1 aromatic rings. The largest absolute Gasteiger partial charge is 0.241 e. The van der Waals surface area contributed by atoms with Gasteiger partial charge in [0.05, 0.1) is 6.61 Å². The third kappa shape index (κ3) is 2.11. The monoisotopic (exact) mass is 137 g/mol. The molecule has 0 aromatic carbocycles. The maximum absolute atomic E-state index is 10.0. The zero-order valence-electron chi connectivity index (χ0n) is 5.66. The van der Waals surface area contributed by atoms with E-state index in [2.05, 4.69) is 9.97 Å². The van der Waals surface area contributed by atoms with Crippen molar-refractivity contribution in [3.05, 3.63) is 24.3 Å². The molecule has 0 saturated heterocycles. The molecule has 0 spiro atoms. The quantitative estimate of drug-likeness (QED) is 0.619. The SMILES string of the molecule is [O]CCCc1ncccn1. The van der Waals surface area contributed by atoms with Crippen LogP contribution in [0, 0.1) is 0 Å². The molecule has 0 atom stereocenters. The lowest BCUT2D eigenvalue weighted by Crippen LogP contribution is -1.94. The first-order chi connectivity index (χ1) is 4.93. The van der Waals surface area contributed by atoms with E-state index in [9.17, 15) is 5.11 Å². The van der Waals surface area contributed by atoms with Gasteiger partial charge in [-0.1, -0.05) is 0 Å². The summed E-state index contributed by atoms with van der Waals surface area (Å²) >= 11 is 0. The molecule has 1 heterocycles. The number of aryl methyl sites for hydroxylation is 1. The molecule has 0 bridgehead atoms. The molecular weight excluding hydrogens is 128 g/mol. The van der Waals surface area contributed by atoms with Gasteiger partial charge in [0, 0.05) is 18.8 Å². The van der Waals surface area contributed by atoms with E-state index in [4.69, 9.17) is 0 Å². The standard InChI is InChI=1S/C7H9N2O/c10-6-1-3-7-8-4-2-5-9-7/h2,4-5H,1,3,6H2. The molecule has 1 rings (SSSR count). The van der Waals surface area contributed by atoms with Gasteiger partial charge in [0.2, 0.25) is 0 Å². The third-order valence-corrected chi connectivity index (χ3v) is 1.16. The van der Waals surface area contributed by atoms with E-state index in [0.29, 0.717) is 12.8 Å². The van der Waals surface area contributed by atoms with Gasteiger partial charge in [0.25, 0.3) is 0 Å². The number of rotatable bonds is 3. The second kappa shape index (κ2) is 3.95. The van der Waals surface area contributed by atoms with Crippen molar-refractivity contribution in [1.82, 2.24) is 9.97 Å². The Labute approximate surface area is 59.8 Å². The van der Waals surface area contributed by atoms with Gasteiger partial charge in [0.15, 0.2) is 0 Å². The Morgan fingerprint density at radius 3 is 2.60 bits per heavy atom. The Morgan fingerprint density at radius 1 is 1.30 bits per heavy atom. The van der Waals surface area contributed by atoms with Crippen LogP contribution in [0.25, 0.3) is 0 Å². The molecule has 0 aliphatic rings. The Hall–Kier alpha value is -0.960. The second-order valence-electron chi connectivity index (χ2n) is 1.97. The van der Waals surface area contributed by atoms with Gasteiger partial charge in [-0.3, -0.25) is 0 Å². The molecule has 0 N–H and O–H groups in total. The Balaban J connectivity index is 2.43. The normalized spacial score (nSPS) is 9.70. The lowest BCUT2D eigenvalue weighted by molar-refractivity contribution is 0.188. The van der Waals surface area contributed by atoms with E-state index in [1.54, 1.807) is 18.5 Å². The van der Waals surface area contributed by atoms with Crippen LogP contribution in [0.4, 0.5) is 0 Å².